The SMILES string of the molecule is c1ccc2c(c1)nc1n2c2cc(-c3c4oc5ccccc5c4cc4c3oc3ccccc34)cc3c2n1c1nc2ccccc2n31. The second-order valence-corrected chi connectivity index (χ2v) is 11.9. The number of rotatable bonds is 1. The molecule has 0 atom stereocenters. The highest BCUT2D eigenvalue weighted by atomic mass is 16.3. The molecule has 0 aliphatic carbocycles. The van der Waals surface area contributed by atoms with Gasteiger partial charge in [0.2, 0.25) is 11.6 Å². The first-order chi connectivity index (χ1) is 22.3. The van der Waals surface area contributed by atoms with Gasteiger partial charge in [0.15, 0.2) is 0 Å². The van der Waals surface area contributed by atoms with Gasteiger partial charge < -0.3 is 8.83 Å². The third kappa shape index (κ3) is 2.53. The summed E-state index contributed by atoms with van der Waals surface area (Å²) in [5, 5.41) is 4.31. The van der Waals surface area contributed by atoms with Gasteiger partial charge in [-0.25, -0.2) is 14.4 Å². The average Bonchev–Trinajstić information content (AvgIpc) is 3.90. The van der Waals surface area contributed by atoms with Gasteiger partial charge in [0.05, 0.1) is 38.7 Å². The molecular weight excluding hydrogens is 558 g/mol. The monoisotopic (exact) mass is 577 g/mol. The van der Waals surface area contributed by atoms with E-state index >= 15 is 0 Å². The Kier molecular flexibility index (Phi) is 3.66. The van der Waals surface area contributed by atoms with Crippen LogP contribution in [0, 0.1) is 0 Å². The fraction of sp³-hybridized carbons (Fsp3) is 0. The summed E-state index contributed by atoms with van der Waals surface area (Å²) in [6.45, 7) is 0. The molecule has 12 rings (SSSR count). The van der Waals surface area contributed by atoms with Crippen molar-refractivity contribution in [1.82, 2.24) is 23.2 Å². The predicted octanol–water partition coefficient (Wildman–Crippen LogP) is 9.60. The molecule has 0 fully saturated rings. The van der Waals surface area contributed by atoms with Crippen molar-refractivity contribution in [1.29, 1.82) is 0 Å². The molecule has 0 saturated heterocycles. The normalized spacial score (nSPS) is 12.9. The van der Waals surface area contributed by atoms with Gasteiger partial charge in [0, 0.05) is 21.5 Å². The predicted molar refractivity (Wildman–Crippen MR) is 179 cm³/mol. The van der Waals surface area contributed by atoms with E-state index < -0.39 is 0 Å². The minimum absolute atomic E-state index is 0.814. The molecule has 208 valence electrons. The second-order valence-electron chi connectivity index (χ2n) is 11.9. The van der Waals surface area contributed by atoms with Crippen LogP contribution in [0.15, 0.2) is 124 Å². The summed E-state index contributed by atoms with van der Waals surface area (Å²) in [5.74, 6) is 1.68. The lowest BCUT2D eigenvalue weighted by atomic mass is 9.98. The molecule has 0 saturated carbocycles. The van der Waals surface area contributed by atoms with E-state index in [1.165, 1.54) is 0 Å². The van der Waals surface area contributed by atoms with Crippen molar-refractivity contribution in [3.05, 3.63) is 115 Å². The topological polar surface area (TPSA) is 65.3 Å². The highest BCUT2D eigenvalue weighted by Gasteiger charge is 2.27. The average molecular weight is 578 g/mol. The second kappa shape index (κ2) is 7.41. The Bertz CT molecular complexity index is 3010. The van der Waals surface area contributed by atoms with E-state index in [1.54, 1.807) is 0 Å². The molecule has 7 nitrogen and oxygen atoms in total. The lowest BCUT2D eigenvalue weighted by Crippen LogP contribution is -1.89. The van der Waals surface area contributed by atoms with Crippen LogP contribution in [0.4, 0.5) is 0 Å². The molecule has 0 bridgehead atoms. The zero-order chi connectivity index (χ0) is 29.0. The molecule has 6 aromatic heterocycles. The maximum atomic E-state index is 6.69. The Morgan fingerprint density at radius 3 is 1.49 bits per heavy atom. The molecule has 0 N–H and O–H groups in total. The summed E-state index contributed by atoms with van der Waals surface area (Å²) >= 11 is 0. The van der Waals surface area contributed by atoms with E-state index in [4.69, 9.17) is 18.8 Å². The first-order valence-corrected chi connectivity index (χ1v) is 15.0. The van der Waals surface area contributed by atoms with Crippen LogP contribution in [0.2, 0.25) is 0 Å². The van der Waals surface area contributed by atoms with Crippen LogP contribution in [0.1, 0.15) is 0 Å². The van der Waals surface area contributed by atoms with Crippen LogP contribution in [0.3, 0.4) is 0 Å². The molecule has 12 aromatic rings. The highest BCUT2D eigenvalue weighted by molar-refractivity contribution is 6.22. The Labute approximate surface area is 252 Å². The molecule has 0 spiro atoms. The van der Waals surface area contributed by atoms with Crippen molar-refractivity contribution < 1.29 is 8.83 Å². The Morgan fingerprint density at radius 2 is 0.933 bits per heavy atom. The van der Waals surface area contributed by atoms with E-state index in [9.17, 15) is 0 Å². The smallest absolute Gasteiger partial charge is 0.223 e. The molecule has 0 aliphatic heterocycles. The first-order valence-electron chi connectivity index (χ1n) is 15.0. The number of imidazole rings is 4. The minimum atomic E-state index is 0.814. The number of furan rings is 2. The standard InChI is InChI=1S/C38H19N5O2/c1-7-15-31-21(9-1)23-19-24-22-10-2-8-16-32(22)45-36(24)33(35(23)44-31)20-17-29-34-30(18-20)42-28-14-6-4-12-26(28)40-38(42)43(34)37-39-25-11-3-5-13-27(25)41(29)37/h1-19H. The van der Waals surface area contributed by atoms with Gasteiger partial charge in [0.1, 0.15) is 27.8 Å². The van der Waals surface area contributed by atoms with Gasteiger partial charge in [0.25, 0.3) is 0 Å². The van der Waals surface area contributed by atoms with Crippen molar-refractivity contribution in [3.63, 3.8) is 0 Å². The third-order valence-corrected chi connectivity index (χ3v) is 9.56. The number of para-hydroxylation sites is 6. The Hall–Kier alpha value is -6.34. The lowest BCUT2D eigenvalue weighted by Gasteiger charge is -2.07. The van der Waals surface area contributed by atoms with Gasteiger partial charge in [-0.1, -0.05) is 60.7 Å². The molecule has 6 heterocycles. The van der Waals surface area contributed by atoms with Crippen LogP contribution in [0.5, 0.6) is 0 Å². The van der Waals surface area contributed by atoms with Crippen LogP contribution in [-0.2, 0) is 0 Å². The van der Waals surface area contributed by atoms with Crippen LogP contribution in [0.25, 0.3) is 105 Å². The minimum Gasteiger partial charge on any atom is -0.455 e. The highest BCUT2D eigenvalue weighted by Crippen LogP contribution is 2.46. The first kappa shape index (κ1) is 22.2. The number of aromatic nitrogens is 5. The van der Waals surface area contributed by atoms with Crippen molar-refractivity contribution in [3.8, 4) is 11.1 Å². The van der Waals surface area contributed by atoms with Crippen molar-refractivity contribution >= 4 is 94.0 Å². The maximum absolute atomic E-state index is 6.69. The van der Waals surface area contributed by atoms with Gasteiger partial charge in [-0.15, -0.1) is 0 Å². The summed E-state index contributed by atoms with van der Waals surface area (Å²) in [5.41, 5.74) is 12.5. The summed E-state index contributed by atoms with van der Waals surface area (Å²) in [7, 11) is 0. The van der Waals surface area contributed by atoms with Gasteiger partial charge in [-0.2, -0.15) is 0 Å². The van der Waals surface area contributed by atoms with Gasteiger partial charge in [-0.05, 0) is 60.2 Å². The summed E-state index contributed by atoms with van der Waals surface area (Å²) in [4.78, 5) is 10.2. The zero-order valence-corrected chi connectivity index (χ0v) is 23.5. The van der Waals surface area contributed by atoms with Crippen LogP contribution >= 0.6 is 0 Å². The quantitative estimate of drug-likeness (QED) is 0.195. The van der Waals surface area contributed by atoms with Gasteiger partial charge in [-0.3, -0.25) is 8.80 Å². The number of hydrogen-bond donors (Lipinski definition) is 0. The van der Waals surface area contributed by atoms with Crippen molar-refractivity contribution in [2.45, 2.75) is 0 Å². The van der Waals surface area contributed by atoms with Crippen LogP contribution < -0.4 is 0 Å². The molecule has 6 aromatic carbocycles. The van der Waals surface area contributed by atoms with E-state index in [0.717, 1.165) is 105 Å². The molecular formula is C38H19N5O2. The fourth-order valence-corrected chi connectivity index (χ4v) is 7.71. The number of benzene rings is 6. The summed E-state index contributed by atoms with van der Waals surface area (Å²) < 4.78 is 20.1. The summed E-state index contributed by atoms with van der Waals surface area (Å²) in [6.07, 6.45) is 0. The van der Waals surface area contributed by atoms with Crippen molar-refractivity contribution in [2.75, 3.05) is 0 Å². The van der Waals surface area contributed by atoms with E-state index in [0.29, 0.717) is 0 Å². The molecule has 0 unspecified atom stereocenters. The van der Waals surface area contributed by atoms with E-state index in [-0.39, 0.29) is 0 Å². The number of hydrogen-bond acceptors (Lipinski definition) is 4. The van der Waals surface area contributed by atoms with Gasteiger partial charge >= 0.3 is 0 Å². The third-order valence-electron chi connectivity index (χ3n) is 9.56. The largest absolute Gasteiger partial charge is 0.455 e. The number of nitrogens with zero attached hydrogens (tertiary/aromatic N) is 5. The van der Waals surface area contributed by atoms with Crippen LogP contribution in [-0.4, -0.2) is 23.2 Å². The Morgan fingerprint density at radius 1 is 0.444 bits per heavy atom. The Balaban J connectivity index is 1.36. The van der Waals surface area contributed by atoms with E-state index in [1.807, 2.05) is 36.4 Å². The molecule has 7 heteroatoms. The zero-order valence-electron chi connectivity index (χ0n) is 23.5. The number of fused-ring (bicyclic) bond motifs is 16. The van der Waals surface area contributed by atoms with Crippen molar-refractivity contribution in [2.24, 2.45) is 0 Å². The van der Waals surface area contributed by atoms with E-state index in [2.05, 4.69) is 92.1 Å². The molecule has 0 aliphatic rings. The lowest BCUT2D eigenvalue weighted by molar-refractivity contribution is 0.658. The molecule has 45 heavy (non-hydrogen) atoms. The summed E-state index contributed by atoms with van der Waals surface area (Å²) in [6, 6.07) is 39.9. The maximum Gasteiger partial charge on any atom is 0.223 e. The fourth-order valence-electron chi connectivity index (χ4n) is 7.71. The molecule has 0 amide bonds. The molecule has 0 radical (unpaired) electrons.